The molecule has 0 aliphatic rings. The summed E-state index contributed by atoms with van der Waals surface area (Å²) in [6.07, 6.45) is 3.56. The minimum atomic E-state index is 0.591. The highest BCUT2D eigenvalue weighted by atomic mass is 16.5. The fourth-order valence-electron chi connectivity index (χ4n) is 1.56. The molecule has 0 spiro atoms. The van der Waals surface area contributed by atoms with E-state index in [0.29, 0.717) is 6.61 Å². The van der Waals surface area contributed by atoms with Crippen LogP contribution in [0.4, 0.5) is 0 Å². The maximum atomic E-state index is 5.70. The Bertz CT molecular complexity index is 486. The van der Waals surface area contributed by atoms with E-state index in [9.17, 15) is 0 Å². The first-order chi connectivity index (χ1) is 8.88. The fourth-order valence-corrected chi connectivity index (χ4v) is 1.56. The van der Waals surface area contributed by atoms with Crippen molar-refractivity contribution in [3.8, 4) is 5.75 Å². The number of ether oxygens (including phenoxy) is 2. The summed E-state index contributed by atoms with van der Waals surface area (Å²) in [4.78, 5) is 0. The number of methoxy groups -OCH3 is 1. The van der Waals surface area contributed by atoms with Gasteiger partial charge in [-0.05, 0) is 29.3 Å². The van der Waals surface area contributed by atoms with Crippen molar-refractivity contribution >= 4 is 6.08 Å². The SMILES string of the molecule is CO/C=C/c1ccc(OCc2ccccc2)cc1. The van der Waals surface area contributed by atoms with Gasteiger partial charge >= 0.3 is 0 Å². The summed E-state index contributed by atoms with van der Waals surface area (Å²) in [5.74, 6) is 0.869. The van der Waals surface area contributed by atoms with E-state index in [-0.39, 0.29) is 0 Å². The highest BCUT2D eigenvalue weighted by molar-refractivity contribution is 5.49. The molecule has 0 aromatic heterocycles. The van der Waals surface area contributed by atoms with Gasteiger partial charge in [-0.1, -0.05) is 42.5 Å². The van der Waals surface area contributed by atoms with Gasteiger partial charge in [-0.2, -0.15) is 0 Å². The van der Waals surface area contributed by atoms with Crippen molar-refractivity contribution in [1.29, 1.82) is 0 Å². The molecule has 0 atom stereocenters. The first kappa shape index (κ1) is 12.2. The van der Waals surface area contributed by atoms with Gasteiger partial charge in [0.25, 0.3) is 0 Å². The first-order valence-electron chi connectivity index (χ1n) is 5.84. The number of benzene rings is 2. The first-order valence-corrected chi connectivity index (χ1v) is 5.84. The van der Waals surface area contributed by atoms with Gasteiger partial charge in [-0.3, -0.25) is 0 Å². The highest BCUT2D eigenvalue weighted by Gasteiger charge is 1.95. The Morgan fingerprint density at radius 1 is 0.944 bits per heavy atom. The molecule has 0 bridgehead atoms. The molecule has 0 saturated heterocycles. The fraction of sp³-hybridized carbons (Fsp3) is 0.125. The van der Waals surface area contributed by atoms with Gasteiger partial charge in [0.15, 0.2) is 0 Å². The quantitative estimate of drug-likeness (QED) is 0.738. The third-order valence-corrected chi connectivity index (χ3v) is 2.53. The molecular formula is C16H16O2. The lowest BCUT2D eigenvalue weighted by Crippen LogP contribution is -1.94. The van der Waals surface area contributed by atoms with Crippen LogP contribution >= 0.6 is 0 Å². The van der Waals surface area contributed by atoms with Gasteiger partial charge in [0.2, 0.25) is 0 Å². The predicted octanol–water partition coefficient (Wildman–Crippen LogP) is 3.88. The Kier molecular flexibility index (Phi) is 4.42. The van der Waals surface area contributed by atoms with Crippen LogP contribution in [0.5, 0.6) is 5.75 Å². The third kappa shape index (κ3) is 3.67. The van der Waals surface area contributed by atoms with E-state index < -0.39 is 0 Å². The molecule has 0 amide bonds. The molecular weight excluding hydrogens is 224 g/mol. The van der Waals surface area contributed by atoms with Gasteiger partial charge in [0.05, 0.1) is 13.4 Å². The van der Waals surface area contributed by atoms with Crippen LogP contribution < -0.4 is 4.74 Å². The van der Waals surface area contributed by atoms with Crippen molar-refractivity contribution < 1.29 is 9.47 Å². The van der Waals surface area contributed by atoms with Crippen molar-refractivity contribution in [3.63, 3.8) is 0 Å². The molecule has 2 heteroatoms. The highest BCUT2D eigenvalue weighted by Crippen LogP contribution is 2.15. The van der Waals surface area contributed by atoms with E-state index in [1.54, 1.807) is 13.4 Å². The van der Waals surface area contributed by atoms with Gasteiger partial charge in [0.1, 0.15) is 12.4 Å². The molecule has 0 saturated carbocycles. The zero-order valence-corrected chi connectivity index (χ0v) is 10.4. The van der Waals surface area contributed by atoms with E-state index in [2.05, 4.69) is 12.1 Å². The van der Waals surface area contributed by atoms with Gasteiger partial charge in [0, 0.05) is 0 Å². The predicted molar refractivity (Wildman–Crippen MR) is 73.3 cm³/mol. The van der Waals surface area contributed by atoms with Crippen LogP contribution in [0.3, 0.4) is 0 Å². The van der Waals surface area contributed by atoms with E-state index in [4.69, 9.17) is 9.47 Å². The maximum absolute atomic E-state index is 5.70. The standard InChI is InChI=1S/C16H16O2/c1-17-12-11-14-7-9-16(10-8-14)18-13-15-5-3-2-4-6-15/h2-12H,13H2,1H3/b12-11+. The Labute approximate surface area is 107 Å². The van der Waals surface area contributed by atoms with E-state index in [1.807, 2.05) is 48.5 Å². The Balaban J connectivity index is 1.92. The van der Waals surface area contributed by atoms with Crippen LogP contribution in [0.25, 0.3) is 6.08 Å². The summed E-state index contributed by atoms with van der Waals surface area (Å²) in [7, 11) is 1.63. The molecule has 2 nitrogen and oxygen atoms in total. The van der Waals surface area contributed by atoms with Crippen molar-refractivity contribution in [2.45, 2.75) is 6.61 Å². The average Bonchev–Trinajstić information content (AvgIpc) is 2.45. The molecule has 0 fully saturated rings. The summed E-state index contributed by atoms with van der Waals surface area (Å²) in [6.45, 7) is 0.591. The lowest BCUT2D eigenvalue weighted by Gasteiger charge is -2.06. The maximum Gasteiger partial charge on any atom is 0.119 e. The molecule has 92 valence electrons. The van der Waals surface area contributed by atoms with Crippen LogP contribution in [0.2, 0.25) is 0 Å². The third-order valence-electron chi connectivity index (χ3n) is 2.53. The van der Waals surface area contributed by atoms with Crippen molar-refractivity contribution in [3.05, 3.63) is 72.0 Å². The summed E-state index contributed by atoms with van der Waals surface area (Å²) in [5, 5.41) is 0. The lowest BCUT2D eigenvalue weighted by molar-refractivity contribution is 0.306. The Morgan fingerprint density at radius 3 is 2.33 bits per heavy atom. The van der Waals surface area contributed by atoms with Crippen LogP contribution in [0, 0.1) is 0 Å². The van der Waals surface area contributed by atoms with Gasteiger partial charge < -0.3 is 9.47 Å². The largest absolute Gasteiger partial charge is 0.504 e. The topological polar surface area (TPSA) is 18.5 Å². The Morgan fingerprint density at radius 2 is 1.67 bits per heavy atom. The molecule has 2 rings (SSSR count). The molecule has 0 N–H and O–H groups in total. The van der Waals surface area contributed by atoms with Crippen LogP contribution in [-0.2, 0) is 11.3 Å². The van der Waals surface area contributed by atoms with Crippen molar-refractivity contribution in [1.82, 2.24) is 0 Å². The van der Waals surface area contributed by atoms with Gasteiger partial charge in [-0.15, -0.1) is 0 Å². The molecule has 2 aromatic rings. The molecule has 0 unspecified atom stereocenters. The van der Waals surface area contributed by atoms with Crippen molar-refractivity contribution in [2.24, 2.45) is 0 Å². The summed E-state index contributed by atoms with van der Waals surface area (Å²) in [6, 6.07) is 18.0. The Hall–Kier alpha value is -2.22. The molecule has 0 aliphatic carbocycles. The summed E-state index contributed by atoms with van der Waals surface area (Å²) >= 11 is 0. The normalized spacial score (nSPS) is 10.5. The second kappa shape index (κ2) is 6.50. The summed E-state index contributed by atoms with van der Waals surface area (Å²) < 4.78 is 10.6. The van der Waals surface area contributed by atoms with Crippen LogP contribution in [-0.4, -0.2) is 7.11 Å². The van der Waals surface area contributed by atoms with Crippen LogP contribution in [0.15, 0.2) is 60.9 Å². The number of rotatable bonds is 5. The number of hydrogen-bond donors (Lipinski definition) is 0. The van der Waals surface area contributed by atoms with E-state index >= 15 is 0 Å². The van der Waals surface area contributed by atoms with Gasteiger partial charge in [-0.25, -0.2) is 0 Å². The average molecular weight is 240 g/mol. The minimum absolute atomic E-state index is 0.591. The monoisotopic (exact) mass is 240 g/mol. The minimum Gasteiger partial charge on any atom is -0.504 e. The zero-order valence-electron chi connectivity index (χ0n) is 10.4. The second-order valence-corrected chi connectivity index (χ2v) is 3.88. The van der Waals surface area contributed by atoms with Crippen LogP contribution in [0.1, 0.15) is 11.1 Å². The summed E-state index contributed by atoms with van der Waals surface area (Å²) in [5.41, 5.74) is 2.25. The molecule has 0 aliphatic heterocycles. The molecule has 0 heterocycles. The second-order valence-electron chi connectivity index (χ2n) is 3.88. The van der Waals surface area contributed by atoms with Crippen molar-refractivity contribution in [2.75, 3.05) is 7.11 Å². The smallest absolute Gasteiger partial charge is 0.119 e. The molecule has 18 heavy (non-hydrogen) atoms. The molecule has 0 radical (unpaired) electrons. The van der Waals surface area contributed by atoms with E-state index in [0.717, 1.165) is 11.3 Å². The molecule has 2 aromatic carbocycles. The lowest BCUT2D eigenvalue weighted by atomic mass is 10.2. The zero-order chi connectivity index (χ0) is 12.6. The number of hydrogen-bond acceptors (Lipinski definition) is 2. The van der Waals surface area contributed by atoms with E-state index in [1.165, 1.54) is 5.56 Å².